The molecule has 1 aromatic heterocycles. The van der Waals surface area contributed by atoms with E-state index in [1.54, 1.807) is 0 Å². The Labute approximate surface area is 159 Å². The highest BCUT2D eigenvalue weighted by molar-refractivity contribution is 5.35. The number of nitrogens with zero attached hydrogens (tertiary/aromatic N) is 2. The van der Waals surface area contributed by atoms with Gasteiger partial charge in [0.25, 0.3) is 5.56 Å². The second-order valence-electron chi connectivity index (χ2n) is 7.25. The van der Waals surface area contributed by atoms with Crippen LogP contribution in [0.3, 0.4) is 0 Å². The monoisotopic (exact) mass is 371 g/mol. The minimum Gasteiger partial charge on any atom is -0.494 e. The van der Waals surface area contributed by atoms with E-state index in [1.807, 2.05) is 6.07 Å². The molecule has 0 amide bonds. The average Bonchev–Trinajstić information content (AvgIpc) is 2.66. The summed E-state index contributed by atoms with van der Waals surface area (Å²) < 4.78 is 5.86. The zero-order valence-electron chi connectivity index (χ0n) is 15.9. The molecule has 2 aromatic rings. The van der Waals surface area contributed by atoms with Crippen LogP contribution >= 0.6 is 0 Å². The molecule has 146 valence electrons. The van der Waals surface area contributed by atoms with Crippen molar-refractivity contribution in [2.75, 3.05) is 37.3 Å². The highest BCUT2D eigenvalue weighted by Crippen LogP contribution is 2.20. The molecule has 1 fully saturated rings. The number of likely N-dealkylation sites (tertiary alicyclic amines) is 1. The molecule has 3 rings (SSSR count). The summed E-state index contributed by atoms with van der Waals surface area (Å²) in [6.45, 7) is 6.93. The van der Waals surface area contributed by atoms with Crippen LogP contribution < -0.4 is 21.3 Å². The Kier molecular flexibility index (Phi) is 6.70. The van der Waals surface area contributed by atoms with Crippen molar-refractivity contribution in [3.05, 3.63) is 46.4 Å². The zero-order valence-corrected chi connectivity index (χ0v) is 15.9. The number of nitrogens with one attached hydrogen (secondary N) is 2. The molecule has 0 bridgehead atoms. The Morgan fingerprint density at radius 1 is 1.37 bits per heavy atom. The van der Waals surface area contributed by atoms with Crippen molar-refractivity contribution in [2.24, 2.45) is 5.92 Å². The van der Waals surface area contributed by atoms with Crippen LogP contribution in [0.2, 0.25) is 0 Å². The number of aromatic amines is 1. The van der Waals surface area contributed by atoms with E-state index in [1.165, 1.54) is 37.7 Å². The number of piperidine rings is 1. The fourth-order valence-electron chi connectivity index (χ4n) is 3.18. The number of anilines is 2. The largest absolute Gasteiger partial charge is 0.494 e. The van der Waals surface area contributed by atoms with Crippen LogP contribution in [-0.2, 0) is 6.54 Å². The van der Waals surface area contributed by atoms with Crippen LogP contribution in [0.1, 0.15) is 31.7 Å². The van der Waals surface area contributed by atoms with Crippen molar-refractivity contribution in [2.45, 2.75) is 32.7 Å². The topological polar surface area (TPSA) is 96.3 Å². The van der Waals surface area contributed by atoms with E-state index < -0.39 is 0 Å². The van der Waals surface area contributed by atoms with E-state index in [0.29, 0.717) is 19.1 Å². The highest BCUT2D eigenvalue weighted by Gasteiger charge is 2.15. The maximum absolute atomic E-state index is 11.4. The van der Waals surface area contributed by atoms with Gasteiger partial charge in [0.15, 0.2) is 0 Å². The van der Waals surface area contributed by atoms with E-state index in [2.05, 4.69) is 45.3 Å². The minimum absolute atomic E-state index is 0.114. The predicted molar refractivity (Wildman–Crippen MR) is 108 cm³/mol. The molecule has 0 spiro atoms. The third-order valence-electron chi connectivity index (χ3n) is 4.89. The lowest BCUT2D eigenvalue weighted by atomic mass is 9.99. The summed E-state index contributed by atoms with van der Waals surface area (Å²) in [5.74, 6) is 2.18. The molecule has 0 radical (unpaired) electrons. The number of benzene rings is 1. The molecule has 1 aliphatic rings. The van der Waals surface area contributed by atoms with Crippen molar-refractivity contribution >= 4 is 11.6 Å². The molecule has 0 saturated carbocycles. The second-order valence-corrected chi connectivity index (χ2v) is 7.25. The third-order valence-corrected chi connectivity index (χ3v) is 4.89. The van der Waals surface area contributed by atoms with Crippen molar-refractivity contribution in [1.82, 2.24) is 14.9 Å². The van der Waals surface area contributed by atoms with Crippen LogP contribution in [-0.4, -0.2) is 41.1 Å². The van der Waals surface area contributed by atoms with Gasteiger partial charge in [-0.25, -0.2) is 4.98 Å². The molecule has 1 aliphatic heterocycles. The molecular weight excluding hydrogens is 342 g/mol. The standard InChI is InChI=1S/C20H29N5O2/c1-15-6-9-25(10-7-15)14-16-4-2-5-17(12-16)27-11-3-8-22-20-23-13-18(21)19(26)24-20/h2,4-5,12-13,15H,3,6-11,14,21H2,1H3,(H2,22,23,24,26). The summed E-state index contributed by atoms with van der Waals surface area (Å²) in [6, 6.07) is 8.34. The lowest BCUT2D eigenvalue weighted by molar-refractivity contribution is 0.185. The van der Waals surface area contributed by atoms with Gasteiger partial charge in [0.2, 0.25) is 5.95 Å². The number of hydrogen-bond donors (Lipinski definition) is 3. The summed E-state index contributed by atoms with van der Waals surface area (Å²) in [7, 11) is 0. The lowest BCUT2D eigenvalue weighted by Crippen LogP contribution is -2.32. The highest BCUT2D eigenvalue weighted by atomic mass is 16.5. The number of nitrogen functional groups attached to an aromatic ring is 1. The average molecular weight is 371 g/mol. The molecule has 0 atom stereocenters. The van der Waals surface area contributed by atoms with Gasteiger partial charge >= 0.3 is 0 Å². The van der Waals surface area contributed by atoms with Gasteiger partial charge in [-0.05, 0) is 56.0 Å². The van der Waals surface area contributed by atoms with Crippen LogP contribution in [0.4, 0.5) is 11.6 Å². The summed E-state index contributed by atoms with van der Waals surface area (Å²) >= 11 is 0. The van der Waals surface area contributed by atoms with E-state index in [0.717, 1.165) is 24.6 Å². The molecule has 27 heavy (non-hydrogen) atoms. The van der Waals surface area contributed by atoms with Crippen molar-refractivity contribution < 1.29 is 4.74 Å². The Bertz CT molecular complexity index is 784. The Morgan fingerprint density at radius 3 is 2.96 bits per heavy atom. The van der Waals surface area contributed by atoms with Gasteiger partial charge < -0.3 is 15.8 Å². The molecule has 7 heteroatoms. The van der Waals surface area contributed by atoms with Crippen molar-refractivity contribution in [3.8, 4) is 5.75 Å². The SMILES string of the molecule is CC1CCN(Cc2cccc(OCCCNc3ncc(N)c(=O)[nH]3)c2)CC1. The predicted octanol–water partition coefficient (Wildman–Crippen LogP) is 2.46. The van der Waals surface area contributed by atoms with Gasteiger partial charge in [-0.1, -0.05) is 19.1 Å². The van der Waals surface area contributed by atoms with Crippen LogP contribution in [0.25, 0.3) is 0 Å². The van der Waals surface area contributed by atoms with Crippen LogP contribution in [0.5, 0.6) is 5.75 Å². The first-order chi connectivity index (χ1) is 13.1. The first-order valence-electron chi connectivity index (χ1n) is 9.63. The van der Waals surface area contributed by atoms with Gasteiger partial charge in [-0.2, -0.15) is 0 Å². The van der Waals surface area contributed by atoms with E-state index in [9.17, 15) is 4.79 Å². The van der Waals surface area contributed by atoms with Crippen molar-refractivity contribution in [1.29, 1.82) is 0 Å². The number of aromatic nitrogens is 2. The van der Waals surface area contributed by atoms with E-state index in [4.69, 9.17) is 10.5 Å². The fourth-order valence-corrected chi connectivity index (χ4v) is 3.18. The normalized spacial score (nSPS) is 15.6. The lowest BCUT2D eigenvalue weighted by Gasteiger charge is -2.30. The minimum atomic E-state index is -0.330. The Hall–Kier alpha value is -2.54. The molecule has 4 N–H and O–H groups in total. The molecular formula is C20H29N5O2. The molecule has 1 aromatic carbocycles. The summed E-state index contributed by atoms with van der Waals surface area (Å²) in [5.41, 5.74) is 6.53. The van der Waals surface area contributed by atoms with E-state index >= 15 is 0 Å². The van der Waals surface area contributed by atoms with Gasteiger partial charge in [0.1, 0.15) is 11.4 Å². The van der Waals surface area contributed by atoms with Crippen LogP contribution in [0.15, 0.2) is 35.3 Å². The third kappa shape index (κ3) is 5.99. The Balaban J connectivity index is 1.39. The number of H-pyrrole nitrogens is 1. The number of nitrogens with two attached hydrogens (primary N) is 1. The zero-order chi connectivity index (χ0) is 19.1. The first-order valence-corrected chi connectivity index (χ1v) is 9.63. The number of rotatable bonds is 8. The quantitative estimate of drug-likeness (QED) is 0.617. The molecule has 0 unspecified atom stereocenters. The molecule has 0 aliphatic carbocycles. The number of hydrogen-bond acceptors (Lipinski definition) is 6. The van der Waals surface area contributed by atoms with Crippen LogP contribution in [0, 0.1) is 5.92 Å². The van der Waals surface area contributed by atoms with Gasteiger partial charge in [0, 0.05) is 13.1 Å². The summed E-state index contributed by atoms with van der Waals surface area (Å²) in [6.07, 6.45) is 4.73. The maximum atomic E-state index is 11.4. The number of ether oxygens (including phenoxy) is 1. The first kappa shape index (κ1) is 19.2. The maximum Gasteiger partial charge on any atom is 0.275 e. The second kappa shape index (κ2) is 9.41. The fraction of sp³-hybridized carbons (Fsp3) is 0.500. The Morgan fingerprint density at radius 2 is 2.19 bits per heavy atom. The molecule has 7 nitrogen and oxygen atoms in total. The van der Waals surface area contributed by atoms with Gasteiger partial charge in [0.05, 0.1) is 12.8 Å². The summed E-state index contributed by atoms with van der Waals surface area (Å²) in [4.78, 5) is 20.5. The molecule has 2 heterocycles. The van der Waals surface area contributed by atoms with Gasteiger partial charge in [-0.15, -0.1) is 0 Å². The van der Waals surface area contributed by atoms with Crippen molar-refractivity contribution in [3.63, 3.8) is 0 Å². The molecule has 1 saturated heterocycles. The summed E-state index contributed by atoms with van der Waals surface area (Å²) in [5, 5.41) is 3.06. The van der Waals surface area contributed by atoms with Gasteiger partial charge in [-0.3, -0.25) is 14.7 Å². The smallest absolute Gasteiger partial charge is 0.275 e. The van der Waals surface area contributed by atoms with E-state index in [-0.39, 0.29) is 11.2 Å².